The van der Waals surface area contributed by atoms with E-state index < -0.39 is 11.9 Å². The van der Waals surface area contributed by atoms with E-state index in [-0.39, 0.29) is 5.91 Å². The van der Waals surface area contributed by atoms with Crippen LogP contribution in [0.3, 0.4) is 0 Å². The summed E-state index contributed by atoms with van der Waals surface area (Å²) in [7, 11) is 0. The molecule has 5 nitrogen and oxygen atoms in total. The highest BCUT2D eigenvalue weighted by atomic mass is 16.2. The highest BCUT2D eigenvalue weighted by Crippen LogP contribution is 2.25. The Morgan fingerprint density at radius 3 is 2.19 bits per heavy atom. The summed E-state index contributed by atoms with van der Waals surface area (Å²) in [5.74, 6) is -0.654. The van der Waals surface area contributed by atoms with Gasteiger partial charge in [0.25, 0.3) is 5.91 Å². The molecule has 5 heteroatoms. The summed E-state index contributed by atoms with van der Waals surface area (Å²) in [6.07, 6.45) is 4.35. The largest absolute Gasteiger partial charge is 0.368 e. The fourth-order valence-electron chi connectivity index (χ4n) is 3.44. The molecule has 1 aliphatic rings. The summed E-state index contributed by atoms with van der Waals surface area (Å²) in [6.45, 7) is 0.391. The Bertz CT molecular complexity index is 946. The molecule has 4 rings (SSSR count). The fraction of sp³-hybridized carbons (Fsp3) is 0.143. The van der Waals surface area contributed by atoms with Crippen molar-refractivity contribution in [2.45, 2.75) is 19.0 Å². The maximum Gasteiger partial charge on any atom is 0.254 e. The van der Waals surface area contributed by atoms with Gasteiger partial charge in [0.05, 0.1) is 0 Å². The van der Waals surface area contributed by atoms with Crippen LogP contribution in [0.5, 0.6) is 0 Å². The Morgan fingerprint density at radius 1 is 0.885 bits per heavy atom. The zero-order chi connectivity index (χ0) is 18.1. The van der Waals surface area contributed by atoms with Gasteiger partial charge in [0.2, 0.25) is 5.91 Å². The summed E-state index contributed by atoms with van der Waals surface area (Å²) in [5.41, 5.74) is 9.23. The number of hydrogen-bond donors (Lipinski definition) is 1. The number of benzene rings is 2. The van der Waals surface area contributed by atoms with E-state index in [1.54, 1.807) is 17.0 Å². The van der Waals surface area contributed by atoms with E-state index in [1.165, 1.54) is 0 Å². The van der Waals surface area contributed by atoms with E-state index in [4.69, 9.17) is 5.73 Å². The molecule has 1 aromatic heterocycles. The molecule has 26 heavy (non-hydrogen) atoms. The van der Waals surface area contributed by atoms with E-state index in [0.29, 0.717) is 18.5 Å². The molecular formula is C21H19N3O2. The van der Waals surface area contributed by atoms with Gasteiger partial charge in [0.1, 0.15) is 6.04 Å². The van der Waals surface area contributed by atoms with Crippen molar-refractivity contribution in [2.75, 3.05) is 0 Å². The summed E-state index contributed by atoms with van der Waals surface area (Å²) in [6, 6.07) is 18.5. The van der Waals surface area contributed by atoms with Crippen molar-refractivity contribution in [1.82, 2.24) is 9.47 Å². The predicted molar refractivity (Wildman–Crippen MR) is 98.8 cm³/mol. The molecule has 130 valence electrons. The standard InChI is InChI=1S/C21H19N3O2/c22-20(25)19-13-16-5-1-2-6-17(16)14-24(19)21(26)15-7-9-18(10-8-15)23-11-3-4-12-23/h1-12,19H,13-14H2,(H2,22,25). The minimum Gasteiger partial charge on any atom is -0.368 e. The van der Waals surface area contributed by atoms with Crippen molar-refractivity contribution >= 4 is 11.8 Å². The Hall–Kier alpha value is -3.34. The zero-order valence-corrected chi connectivity index (χ0v) is 14.2. The second kappa shape index (κ2) is 6.52. The number of fused-ring (bicyclic) bond motifs is 1. The van der Waals surface area contributed by atoms with Crippen LogP contribution >= 0.6 is 0 Å². The molecule has 1 atom stereocenters. The van der Waals surface area contributed by atoms with Crippen LogP contribution in [0, 0.1) is 0 Å². The molecule has 2 heterocycles. The van der Waals surface area contributed by atoms with Crippen molar-refractivity contribution in [3.8, 4) is 5.69 Å². The number of primary amides is 1. The number of rotatable bonds is 3. The lowest BCUT2D eigenvalue weighted by atomic mass is 9.93. The van der Waals surface area contributed by atoms with Crippen LogP contribution in [0.4, 0.5) is 0 Å². The van der Waals surface area contributed by atoms with Gasteiger partial charge in [-0.15, -0.1) is 0 Å². The Labute approximate surface area is 151 Å². The highest BCUT2D eigenvalue weighted by molar-refractivity contribution is 5.97. The first-order valence-corrected chi connectivity index (χ1v) is 8.54. The lowest BCUT2D eigenvalue weighted by Crippen LogP contribution is -2.51. The van der Waals surface area contributed by atoms with E-state index in [0.717, 1.165) is 16.8 Å². The molecule has 0 fully saturated rings. The predicted octanol–water partition coefficient (Wildman–Crippen LogP) is 2.53. The number of nitrogens with two attached hydrogens (primary N) is 1. The second-order valence-corrected chi connectivity index (χ2v) is 6.46. The maximum atomic E-state index is 13.0. The minimum atomic E-state index is -0.624. The molecule has 0 aliphatic carbocycles. The van der Waals surface area contributed by atoms with E-state index in [1.807, 2.05) is 65.5 Å². The van der Waals surface area contributed by atoms with Gasteiger partial charge in [-0.3, -0.25) is 9.59 Å². The molecule has 0 bridgehead atoms. The van der Waals surface area contributed by atoms with Crippen LogP contribution in [0.25, 0.3) is 5.69 Å². The molecule has 1 aliphatic heterocycles. The first-order chi connectivity index (χ1) is 12.6. The van der Waals surface area contributed by atoms with Crippen LogP contribution in [0.1, 0.15) is 21.5 Å². The molecule has 3 aromatic rings. The van der Waals surface area contributed by atoms with E-state index >= 15 is 0 Å². The van der Waals surface area contributed by atoms with Crippen molar-refractivity contribution in [3.05, 3.63) is 89.7 Å². The summed E-state index contributed by atoms with van der Waals surface area (Å²) in [5, 5.41) is 0. The number of hydrogen-bond acceptors (Lipinski definition) is 2. The number of amides is 2. The van der Waals surface area contributed by atoms with Gasteiger partial charge >= 0.3 is 0 Å². The monoisotopic (exact) mass is 345 g/mol. The quantitative estimate of drug-likeness (QED) is 0.792. The topological polar surface area (TPSA) is 68.3 Å². The van der Waals surface area contributed by atoms with Crippen molar-refractivity contribution in [2.24, 2.45) is 5.73 Å². The lowest BCUT2D eigenvalue weighted by molar-refractivity contribution is -0.122. The average molecular weight is 345 g/mol. The van der Waals surface area contributed by atoms with Crippen LogP contribution in [-0.2, 0) is 17.8 Å². The van der Waals surface area contributed by atoms with Crippen molar-refractivity contribution in [3.63, 3.8) is 0 Å². The van der Waals surface area contributed by atoms with Crippen LogP contribution in [0.15, 0.2) is 73.1 Å². The Morgan fingerprint density at radius 2 is 1.54 bits per heavy atom. The minimum absolute atomic E-state index is 0.178. The lowest BCUT2D eigenvalue weighted by Gasteiger charge is -2.35. The first-order valence-electron chi connectivity index (χ1n) is 8.54. The summed E-state index contributed by atoms with van der Waals surface area (Å²) < 4.78 is 1.97. The SMILES string of the molecule is NC(=O)C1Cc2ccccc2CN1C(=O)c1ccc(-n2cccc2)cc1. The van der Waals surface area contributed by atoms with Crippen molar-refractivity contribution < 1.29 is 9.59 Å². The molecule has 1 unspecified atom stereocenters. The average Bonchev–Trinajstić information content (AvgIpc) is 3.21. The highest BCUT2D eigenvalue weighted by Gasteiger charge is 2.33. The maximum absolute atomic E-state index is 13.0. The summed E-state index contributed by atoms with van der Waals surface area (Å²) >= 11 is 0. The van der Waals surface area contributed by atoms with Crippen molar-refractivity contribution in [1.29, 1.82) is 0 Å². The van der Waals surface area contributed by atoms with Gasteiger partial charge in [-0.25, -0.2) is 0 Å². The Kier molecular flexibility index (Phi) is 4.05. The molecular weight excluding hydrogens is 326 g/mol. The first kappa shape index (κ1) is 16.1. The molecule has 2 amide bonds. The smallest absolute Gasteiger partial charge is 0.254 e. The number of aromatic nitrogens is 1. The van der Waals surface area contributed by atoms with Gasteiger partial charge in [0.15, 0.2) is 0 Å². The second-order valence-electron chi connectivity index (χ2n) is 6.46. The third-order valence-electron chi connectivity index (χ3n) is 4.85. The third kappa shape index (κ3) is 2.88. The molecule has 0 radical (unpaired) electrons. The number of carbonyl (C=O) groups excluding carboxylic acids is 2. The number of carbonyl (C=O) groups is 2. The Balaban J connectivity index is 1.63. The normalized spacial score (nSPS) is 16.2. The van der Waals surface area contributed by atoms with E-state index in [2.05, 4.69) is 0 Å². The van der Waals surface area contributed by atoms with Crippen LogP contribution in [0.2, 0.25) is 0 Å². The zero-order valence-electron chi connectivity index (χ0n) is 14.2. The van der Waals surface area contributed by atoms with Gasteiger partial charge in [-0.2, -0.15) is 0 Å². The molecule has 2 N–H and O–H groups in total. The molecule has 0 saturated carbocycles. The van der Waals surface area contributed by atoms with E-state index in [9.17, 15) is 9.59 Å². The number of nitrogens with zero attached hydrogens (tertiary/aromatic N) is 2. The summed E-state index contributed by atoms with van der Waals surface area (Å²) in [4.78, 5) is 26.6. The van der Waals surface area contributed by atoms with Gasteiger partial charge in [-0.05, 0) is 47.5 Å². The fourth-order valence-corrected chi connectivity index (χ4v) is 3.44. The molecule has 0 saturated heterocycles. The molecule has 0 spiro atoms. The van der Waals surface area contributed by atoms with Gasteiger partial charge in [0, 0.05) is 36.6 Å². The van der Waals surface area contributed by atoms with Gasteiger partial charge < -0.3 is 15.2 Å². The van der Waals surface area contributed by atoms with Crippen LogP contribution < -0.4 is 5.73 Å². The molecule has 2 aromatic carbocycles. The van der Waals surface area contributed by atoms with Gasteiger partial charge in [-0.1, -0.05) is 24.3 Å². The van der Waals surface area contributed by atoms with Crippen LogP contribution in [-0.4, -0.2) is 27.3 Å². The third-order valence-corrected chi connectivity index (χ3v) is 4.85.